The van der Waals surface area contributed by atoms with Crippen LogP contribution in [0.4, 0.5) is 5.69 Å². The van der Waals surface area contributed by atoms with Gasteiger partial charge < -0.3 is 9.47 Å². The van der Waals surface area contributed by atoms with E-state index in [9.17, 15) is 13.2 Å². The Morgan fingerprint density at radius 2 is 1.62 bits per heavy atom. The number of halogens is 1. The zero-order valence-corrected chi connectivity index (χ0v) is 20.4. The highest BCUT2D eigenvalue weighted by Gasteiger charge is 2.29. The number of para-hydroxylation sites is 2. The summed E-state index contributed by atoms with van der Waals surface area (Å²) < 4.78 is 38.5. The van der Waals surface area contributed by atoms with E-state index in [1.807, 2.05) is 0 Å². The highest BCUT2D eigenvalue weighted by Crippen LogP contribution is 2.32. The summed E-state index contributed by atoms with van der Waals surface area (Å²) in [7, 11) is -1.21. The van der Waals surface area contributed by atoms with Crippen LogP contribution in [-0.2, 0) is 14.8 Å². The topological polar surface area (TPSA) is 97.3 Å². The molecule has 8 nitrogen and oxygen atoms in total. The molecule has 0 unspecified atom stereocenters. The van der Waals surface area contributed by atoms with Gasteiger partial charge in [-0.1, -0.05) is 35.9 Å². The van der Waals surface area contributed by atoms with Gasteiger partial charge in [-0.3, -0.25) is 9.10 Å². The van der Waals surface area contributed by atoms with E-state index in [2.05, 4.69) is 10.5 Å². The third-order valence-electron chi connectivity index (χ3n) is 4.90. The molecule has 0 heterocycles. The van der Waals surface area contributed by atoms with Crippen LogP contribution in [0.15, 0.2) is 82.8 Å². The van der Waals surface area contributed by atoms with Crippen LogP contribution in [0.1, 0.15) is 12.5 Å². The third-order valence-corrected chi connectivity index (χ3v) is 6.92. The van der Waals surface area contributed by atoms with Crippen molar-refractivity contribution in [2.75, 3.05) is 25.1 Å². The van der Waals surface area contributed by atoms with E-state index in [1.165, 1.54) is 38.5 Å². The van der Waals surface area contributed by atoms with E-state index >= 15 is 0 Å². The fourth-order valence-electron chi connectivity index (χ4n) is 3.08. The lowest BCUT2D eigenvalue weighted by molar-refractivity contribution is -0.119. The zero-order valence-electron chi connectivity index (χ0n) is 18.9. The van der Waals surface area contributed by atoms with Crippen molar-refractivity contribution in [3.63, 3.8) is 0 Å². The van der Waals surface area contributed by atoms with Crippen molar-refractivity contribution in [2.45, 2.75) is 11.8 Å². The number of ether oxygens (including phenoxy) is 2. The van der Waals surface area contributed by atoms with Crippen LogP contribution in [0.2, 0.25) is 5.02 Å². The van der Waals surface area contributed by atoms with Gasteiger partial charge >= 0.3 is 0 Å². The maximum atomic E-state index is 13.5. The summed E-state index contributed by atoms with van der Waals surface area (Å²) in [5.74, 6) is 0.178. The average Bonchev–Trinajstić information content (AvgIpc) is 2.86. The van der Waals surface area contributed by atoms with E-state index in [4.69, 9.17) is 21.1 Å². The van der Waals surface area contributed by atoms with Crippen molar-refractivity contribution in [1.82, 2.24) is 5.43 Å². The molecule has 178 valence electrons. The molecular formula is C24H24ClN3O5S. The maximum Gasteiger partial charge on any atom is 0.264 e. The Bertz CT molecular complexity index is 1280. The summed E-state index contributed by atoms with van der Waals surface area (Å²) in [6, 6.07) is 19.4. The summed E-state index contributed by atoms with van der Waals surface area (Å²) in [5, 5.41) is 4.68. The van der Waals surface area contributed by atoms with Crippen LogP contribution < -0.4 is 19.2 Å². The average molecular weight is 502 g/mol. The molecule has 3 rings (SSSR count). The zero-order chi connectivity index (χ0) is 24.7. The monoisotopic (exact) mass is 501 g/mol. The molecule has 0 aliphatic rings. The van der Waals surface area contributed by atoms with Gasteiger partial charge in [-0.05, 0) is 61.0 Å². The van der Waals surface area contributed by atoms with Crippen LogP contribution in [0, 0.1) is 0 Å². The van der Waals surface area contributed by atoms with Crippen molar-refractivity contribution in [2.24, 2.45) is 5.10 Å². The fourth-order valence-corrected chi connectivity index (χ4v) is 4.64. The van der Waals surface area contributed by atoms with Crippen LogP contribution in [0.3, 0.4) is 0 Å². The molecule has 1 N–H and O–H groups in total. The number of rotatable bonds is 9. The van der Waals surface area contributed by atoms with Crippen molar-refractivity contribution in [3.8, 4) is 11.5 Å². The minimum absolute atomic E-state index is 0.00662. The molecule has 0 aliphatic carbocycles. The summed E-state index contributed by atoms with van der Waals surface area (Å²) in [6.07, 6.45) is 0. The number of nitrogens with one attached hydrogen (secondary N) is 1. The van der Waals surface area contributed by atoms with E-state index in [1.54, 1.807) is 55.5 Å². The van der Waals surface area contributed by atoms with E-state index in [-0.39, 0.29) is 10.6 Å². The molecular weight excluding hydrogens is 478 g/mol. The first kappa shape index (κ1) is 25.1. The SMILES string of the molecule is COc1ccc(S(=O)(=O)N(CC(=O)N/N=C(/C)c2ccc(Cl)cc2)c2ccccc2OC)cc1. The summed E-state index contributed by atoms with van der Waals surface area (Å²) in [6.45, 7) is 1.20. The van der Waals surface area contributed by atoms with Gasteiger partial charge in [-0.15, -0.1) is 0 Å². The lowest BCUT2D eigenvalue weighted by Crippen LogP contribution is -2.40. The highest BCUT2D eigenvalue weighted by molar-refractivity contribution is 7.92. The lowest BCUT2D eigenvalue weighted by Gasteiger charge is -2.25. The van der Waals surface area contributed by atoms with Gasteiger partial charge in [0.25, 0.3) is 15.9 Å². The number of methoxy groups -OCH3 is 2. The number of sulfonamides is 1. The number of benzene rings is 3. The molecule has 0 aromatic heterocycles. The van der Waals surface area contributed by atoms with Crippen LogP contribution in [0.5, 0.6) is 11.5 Å². The molecule has 34 heavy (non-hydrogen) atoms. The van der Waals surface area contributed by atoms with Gasteiger partial charge in [-0.25, -0.2) is 13.8 Å². The van der Waals surface area contributed by atoms with Crippen molar-refractivity contribution >= 4 is 38.9 Å². The molecule has 3 aromatic rings. The van der Waals surface area contributed by atoms with Crippen molar-refractivity contribution in [3.05, 3.63) is 83.4 Å². The molecule has 0 spiro atoms. The van der Waals surface area contributed by atoms with E-state index in [0.29, 0.717) is 22.2 Å². The Morgan fingerprint density at radius 3 is 2.24 bits per heavy atom. The van der Waals surface area contributed by atoms with E-state index < -0.39 is 22.5 Å². The second kappa shape index (κ2) is 11.0. The van der Waals surface area contributed by atoms with Gasteiger partial charge in [-0.2, -0.15) is 5.10 Å². The van der Waals surface area contributed by atoms with Crippen molar-refractivity contribution < 1.29 is 22.7 Å². The number of hydrogen-bond donors (Lipinski definition) is 1. The Hall–Kier alpha value is -3.56. The molecule has 0 saturated heterocycles. The largest absolute Gasteiger partial charge is 0.497 e. The number of carbonyl (C=O) groups excluding carboxylic acids is 1. The summed E-state index contributed by atoms with van der Waals surface area (Å²) in [4.78, 5) is 12.8. The first-order valence-electron chi connectivity index (χ1n) is 10.1. The van der Waals surface area contributed by atoms with Gasteiger partial charge in [0.1, 0.15) is 18.0 Å². The lowest BCUT2D eigenvalue weighted by atomic mass is 10.1. The first-order valence-corrected chi connectivity index (χ1v) is 12.0. The number of anilines is 1. The number of hydrogen-bond acceptors (Lipinski definition) is 6. The molecule has 0 radical (unpaired) electrons. The molecule has 0 bridgehead atoms. The third kappa shape index (κ3) is 5.86. The molecule has 10 heteroatoms. The smallest absolute Gasteiger partial charge is 0.264 e. The minimum Gasteiger partial charge on any atom is -0.497 e. The Balaban J connectivity index is 1.91. The van der Waals surface area contributed by atoms with Gasteiger partial charge in [0, 0.05) is 5.02 Å². The Kier molecular flexibility index (Phi) is 8.14. The number of hydrazone groups is 1. The molecule has 0 aliphatic heterocycles. The van der Waals surface area contributed by atoms with Gasteiger partial charge in [0.15, 0.2) is 0 Å². The highest BCUT2D eigenvalue weighted by atomic mass is 35.5. The molecule has 1 amide bonds. The summed E-state index contributed by atoms with van der Waals surface area (Å²) >= 11 is 5.91. The standard InChI is InChI=1S/C24H24ClN3O5S/c1-17(18-8-10-19(25)11-9-18)26-27-24(29)16-28(22-6-4-5-7-23(22)33-3)34(30,31)21-14-12-20(32-2)13-15-21/h4-15H,16H2,1-3H3,(H,27,29)/b26-17-. The Morgan fingerprint density at radius 1 is 0.971 bits per heavy atom. The van der Waals surface area contributed by atoms with Gasteiger partial charge in [0.05, 0.1) is 30.5 Å². The fraction of sp³-hybridized carbons (Fsp3) is 0.167. The second-order valence-electron chi connectivity index (χ2n) is 7.10. The maximum absolute atomic E-state index is 13.5. The Labute approximate surface area is 203 Å². The van der Waals surface area contributed by atoms with Crippen molar-refractivity contribution in [1.29, 1.82) is 0 Å². The molecule has 0 saturated carbocycles. The van der Waals surface area contributed by atoms with Crippen LogP contribution in [-0.4, -0.2) is 40.8 Å². The molecule has 0 fully saturated rings. The quantitative estimate of drug-likeness (QED) is 0.352. The molecule has 3 aromatic carbocycles. The minimum atomic E-state index is -4.13. The molecule has 0 atom stereocenters. The first-order chi connectivity index (χ1) is 16.3. The number of amides is 1. The normalized spacial score (nSPS) is 11.6. The summed E-state index contributed by atoms with van der Waals surface area (Å²) in [5.41, 5.74) is 3.94. The van der Waals surface area contributed by atoms with Gasteiger partial charge in [0.2, 0.25) is 0 Å². The number of carbonyl (C=O) groups is 1. The van der Waals surface area contributed by atoms with Crippen LogP contribution >= 0.6 is 11.6 Å². The predicted octanol–water partition coefficient (Wildman–Crippen LogP) is 4.09. The van der Waals surface area contributed by atoms with Crippen LogP contribution in [0.25, 0.3) is 0 Å². The number of nitrogens with zero attached hydrogens (tertiary/aromatic N) is 2. The second-order valence-corrected chi connectivity index (χ2v) is 9.40. The predicted molar refractivity (Wildman–Crippen MR) is 132 cm³/mol. The van der Waals surface area contributed by atoms with E-state index in [0.717, 1.165) is 9.87 Å².